The maximum absolute atomic E-state index is 6.27. The summed E-state index contributed by atoms with van der Waals surface area (Å²) in [5, 5.41) is 4.97. The summed E-state index contributed by atoms with van der Waals surface area (Å²) in [5.41, 5.74) is 1.91. The van der Waals surface area contributed by atoms with Crippen LogP contribution in [0.1, 0.15) is 16.3 Å². The molecule has 1 N–H and O–H groups in total. The average molecular weight is 449 g/mol. The van der Waals surface area contributed by atoms with Gasteiger partial charge in [0, 0.05) is 30.1 Å². The van der Waals surface area contributed by atoms with Crippen LogP contribution in [-0.2, 0) is 11.3 Å². The number of thiophene rings is 1. The number of methoxy groups -OCH3 is 2. The molecule has 1 saturated heterocycles. The van der Waals surface area contributed by atoms with Crippen LogP contribution in [0.2, 0.25) is 5.02 Å². The van der Waals surface area contributed by atoms with E-state index in [1.807, 2.05) is 6.07 Å². The number of morpholine rings is 1. The molecule has 0 spiro atoms. The first-order valence-corrected chi connectivity index (χ1v) is 10.9. The highest BCUT2D eigenvalue weighted by atomic mass is 35.5. The fourth-order valence-corrected chi connectivity index (χ4v) is 4.78. The molecule has 0 aliphatic carbocycles. The third kappa shape index (κ3) is 4.18. The van der Waals surface area contributed by atoms with Crippen molar-refractivity contribution in [1.29, 1.82) is 0 Å². The lowest BCUT2D eigenvalue weighted by atomic mass is 10.2. The van der Waals surface area contributed by atoms with E-state index >= 15 is 0 Å². The van der Waals surface area contributed by atoms with Crippen molar-refractivity contribution in [3.63, 3.8) is 0 Å². The number of nitrogens with one attached hydrogen (secondary N) is 1. The number of hydrogen-bond acceptors (Lipinski definition) is 8. The Hall–Kier alpha value is -2.13. The minimum absolute atomic E-state index is 0.489. The molecule has 2 aromatic heterocycles. The summed E-state index contributed by atoms with van der Waals surface area (Å²) >= 11 is 7.96. The predicted octanol–water partition coefficient (Wildman–Crippen LogP) is 4.55. The Morgan fingerprint density at radius 3 is 2.57 bits per heavy atom. The van der Waals surface area contributed by atoms with Crippen LogP contribution in [0, 0.1) is 13.8 Å². The van der Waals surface area contributed by atoms with Crippen LogP contribution in [0.3, 0.4) is 0 Å². The van der Waals surface area contributed by atoms with Gasteiger partial charge in [0.1, 0.15) is 28.0 Å². The molecule has 1 fully saturated rings. The SMILES string of the molecule is COc1cc(Nc2nc(CN3CCOCC3)nc3sc(C)c(C)c23)c(OC)cc1Cl. The van der Waals surface area contributed by atoms with Crippen molar-refractivity contribution < 1.29 is 14.2 Å². The maximum atomic E-state index is 6.27. The smallest absolute Gasteiger partial charge is 0.146 e. The minimum Gasteiger partial charge on any atom is -0.495 e. The van der Waals surface area contributed by atoms with Crippen molar-refractivity contribution >= 4 is 44.7 Å². The van der Waals surface area contributed by atoms with Gasteiger partial charge in [-0.05, 0) is 19.4 Å². The minimum atomic E-state index is 0.489. The second-order valence-corrected chi connectivity index (χ2v) is 8.76. The van der Waals surface area contributed by atoms with Crippen LogP contribution in [0.5, 0.6) is 11.5 Å². The van der Waals surface area contributed by atoms with Gasteiger partial charge in [0.2, 0.25) is 0 Å². The van der Waals surface area contributed by atoms with Gasteiger partial charge in [0.25, 0.3) is 0 Å². The first-order chi connectivity index (χ1) is 14.5. The Labute approximate surface area is 184 Å². The fourth-order valence-electron chi connectivity index (χ4n) is 3.50. The van der Waals surface area contributed by atoms with Crippen LogP contribution < -0.4 is 14.8 Å². The van der Waals surface area contributed by atoms with Crippen LogP contribution in [0.25, 0.3) is 10.2 Å². The summed E-state index contributed by atoms with van der Waals surface area (Å²) < 4.78 is 16.4. The van der Waals surface area contributed by atoms with E-state index in [0.717, 1.165) is 53.8 Å². The van der Waals surface area contributed by atoms with Crippen molar-refractivity contribution in [2.24, 2.45) is 0 Å². The topological polar surface area (TPSA) is 68.7 Å². The first kappa shape index (κ1) is 21.1. The van der Waals surface area contributed by atoms with E-state index in [9.17, 15) is 0 Å². The highest BCUT2D eigenvalue weighted by Gasteiger charge is 2.19. The Bertz CT molecular complexity index is 1070. The molecule has 0 radical (unpaired) electrons. The number of aromatic nitrogens is 2. The fraction of sp³-hybridized carbons (Fsp3) is 0.429. The number of anilines is 2. The average Bonchev–Trinajstić information content (AvgIpc) is 3.03. The molecule has 0 unspecified atom stereocenters. The van der Waals surface area contributed by atoms with Gasteiger partial charge in [-0.1, -0.05) is 11.6 Å². The molecule has 160 valence electrons. The standard InChI is InChI=1S/C21H25ClN4O3S/c1-12-13(2)30-21-19(12)20(24-18(25-21)11-26-5-7-29-8-6-26)23-15-10-16(27-3)14(22)9-17(15)28-4/h9-10H,5-8,11H2,1-4H3,(H,23,24,25). The van der Waals surface area contributed by atoms with Crippen molar-refractivity contribution in [1.82, 2.24) is 14.9 Å². The van der Waals surface area contributed by atoms with Crippen LogP contribution in [0.4, 0.5) is 11.5 Å². The number of aryl methyl sites for hydroxylation is 2. The molecule has 0 bridgehead atoms. The molecule has 1 aliphatic rings. The van der Waals surface area contributed by atoms with Crippen molar-refractivity contribution in [3.05, 3.63) is 33.4 Å². The van der Waals surface area contributed by atoms with Crippen molar-refractivity contribution in [3.8, 4) is 11.5 Å². The lowest BCUT2D eigenvalue weighted by Gasteiger charge is -2.26. The molecule has 3 heterocycles. The number of hydrogen-bond donors (Lipinski definition) is 1. The monoisotopic (exact) mass is 448 g/mol. The molecule has 4 rings (SSSR count). The zero-order valence-electron chi connectivity index (χ0n) is 17.5. The van der Waals surface area contributed by atoms with Gasteiger partial charge < -0.3 is 19.5 Å². The second-order valence-electron chi connectivity index (χ2n) is 7.15. The lowest BCUT2D eigenvalue weighted by molar-refractivity contribution is 0.0331. The molecule has 1 aliphatic heterocycles. The van der Waals surface area contributed by atoms with Gasteiger partial charge in [0.05, 0.1) is 50.1 Å². The van der Waals surface area contributed by atoms with E-state index in [1.54, 1.807) is 31.6 Å². The second kappa shape index (κ2) is 8.93. The third-order valence-corrected chi connectivity index (χ3v) is 6.67. The first-order valence-electron chi connectivity index (χ1n) is 9.75. The molecule has 0 atom stereocenters. The third-order valence-electron chi connectivity index (χ3n) is 5.27. The van der Waals surface area contributed by atoms with E-state index < -0.39 is 0 Å². The molecule has 3 aromatic rings. The number of ether oxygens (including phenoxy) is 3. The predicted molar refractivity (Wildman–Crippen MR) is 121 cm³/mol. The summed E-state index contributed by atoms with van der Waals surface area (Å²) in [6.45, 7) is 8.15. The summed E-state index contributed by atoms with van der Waals surface area (Å²) in [5.74, 6) is 2.73. The van der Waals surface area contributed by atoms with Gasteiger partial charge in [-0.25, -0.2) is 9.97 Å². The largest absolute Gasteiger partial charge is 0.495 e. The molecule has 7 nitrogen and oxygen atoms in total. The normalized spacial score (nSPS) is 14.8. The summed E-state index contributed by atoms with van der Waals surface area (Å²) in [6, 6.07) is 3.56. The van der Waals surface area contributed by atoms with Crippen LogP contribution in [0.15, 0.2) is 12.1 Å². The summed E-state index contributed by atoms with van der Waals surface area (Å²) in [4.78, 5) is 14.3. The van der Waals surface area contributed by atoms with Gasteiger partial charge in [-0.3, -0.25) is 4.90 Å². The van der Waals surface area contributed by atoms with Crippen molar-refractivity contribution in [2.45, 2.75) is 20.4 Å². The van der Waals surface area contributed by atoms with E-state index in [1.165, 1.54) is 10.4 Å². The molecule has 1 aromatic carbocycles. The van der Waals surface area contributed by atoms with Crippen LogP contribution >= 0.6 is 22.9 Å². The molecule has 30 heavy (non-hydrogen) atoms. The highest BCUT2D eigenvalue weighted by Crippen LogP contribution is 2.40. The number of halogens is 1. The quantitative estimate of drug-likeness (QED) is 0.593. The van der Waals surface area contributed by atoms with E-state index in [4.69, 9.17) is 35.8 Å². The number of fused-ring (bicyclic) bond motifs is 1. The Morgan fingerprint density at radius 1 is 1.13 bits per heavy atom. The summed E-state index contributed by atoms with van der Waals surface area (Å²) in [7, 11) is 3.20. The number of benzene rings is 1. The maximum Gasteiger partial charge on any atom is 0.146 e. The van der Waals surface area contributed by atoms with Crippen molar-refractivity contribution in [2.75, 3.05) is 45.8 Å². The molecule has 0 amide bonds. The van der Waals surface area contributed by atoms with E-state index in [0.29, 0.717) is 23.1 Å². The van der Waals surface area contributed by atoms with Gasteiger partial charge >= 0.3 is 0 Å². The number of nitrogens with zero attached hydrogens (tertiary/aromatic N) is 3. The molecular formula is C21H25ClN4O3S. The molecule has 0 saturated carbocycles. The van der Waals surface area contributed by atoms with E-state index in [-0.39, 0.29) is 0 Å². The molecular weight excluding hydrogens is 424 g/mol. The lowest BCUT2D eigenvalue weighted by Crippen LogP contribution is -2.36. The molecule has 9 heteroatoms. The Kier molecular flexibility index (Phi) is 6.29. The van der Waals surface area contributed by atoms with Gasteiger partial charge in [0.15, 0.2) is 0 Å². The van der Waals surface area contributed by atoms with Gasteiger partial charge in [-0.2, -0.15) is 0 Å². The van der Waals surface area contributed by atoms with Gasteiger partial charge in [-0.15, -0.1) is 11.3 Å². The Balaban J connectivity index is 1.77. The van der Waals surface area contributed by atoms with E-state index in [2.05, 4.69) is 24.1 Å². The zero-order chi connectivity index (χ0) is 21.3. The van der Waals surface area contributed by atoms with Crippen LogP contribution in [-0.4, -0.2) is 55.4 Å². The zero-order valence-corrected chi connectivity index (χ0v) is 19.1. The number of rotatable bonds is 6. The highest BCUT2D eigenvalue weighted by molar-refractivity contribution is 7.18. The Morgan fingerprint density at radius 2 is 1.87 bits per heavy atom. The summed E-state index contributed by atoms with van der Waals surface area (Å²) in [6.07, 6.45) is 0.